The zero-order chi connectivity index (χ0) is 16.0. The number of aromatic nitrogens is 4. The van der Waals surface area contributed by atoms with Crippen LogP contribution in [0.4, 0.5) is 5.82 Å². The number of pyridine rings is 1. The minimum atomic E-state index is 0.0294. The molecule has 1 aliphatic carbocycles. The first kappa shape index (κ1) is 14.4. The Morgan fingerprint density at radius 2 is 2.04 bits per heavy atom. The third-order valence-electron chi connectivity index (χ3n) is 3.69. The van der Waals surface area contributed by atoms with Gasteiger partial charge in [0.05, 0.1) is 5.52 Å². The maximum Gasteiger partial charge on any atom is 0.228 e. The zero-order valence-electron chi connectivity index (χ0n) is 11.8. The molecule has 1 saturated carbocycles. The van der Waals surface area contributed by atoms with Crippen molar-refractivity contribution in [3.63, 3.8) is 0 Å². The number of nitrogens with one attached hydrogen (secondary N) is 1. The van der Waals surface area contributed by atoms with Crippen LogP contribution in [-0.4, -0.2) is 25.7 Å². The van der Waals surface area contributed by atoms with Crippen LogP contribution in [0.1, 0.15) is 12.8 Å². The number of carbonyl (C=O) groups excluding carboxylic acids is 1. The molecule has 1 N–H and O–H groups in total. The predicted octanol–water partition coefficient (Wildman–Crippen LogP) is 3.45. The number of amides is 1. The normalized spacial score (nSPS) is 14.2. The fourth-order valence-corrected chi connectivity index (χ4v) is 2.70. The molecule has 0 atom stereocenters. The number of rotatable bonds is 3. The van der Waals surface area contributed by atoms with Crippen LogP contribution in [-0.2, 0) is 4.79 Å². The molecule has 3 aromatic heterocycles. The molecule has 0 radical (unpaired) electrons. The van der Waals surface area contributed by atoms with Crippen LogP contribution in [0.3, 0.4) is 0 Å². The monoisotopic (exact) mass is 347 g/mol. The molecule has 0 saturated heterocycles. The lowest BCUT2D eigenvalue weighted by molar-refractivity contribution is -0.117. The fourth-order valence-electron chi connectivity index (χ4n) is 2.35. The van der Waals surface area contributed by atoms with Gasteiger partial charge in [-0.3, -0.25) is 4.79 Å². The summed E-state index contributed by atoms with van der Waals surface area (Å²) in [5.74, 6) is 0.706. The quantitative estimate of drug-likeness (QED) is 0.787. The zero-order valence-corrected chi connectivity index (χ0v) is 13.3. The van der Waals surface area contributed by atoms with Crippen molar-refractivity contribution in [1.29, 1.82) is 0 Å². The highest BCUT2D eigenvalue weighted by Gasteiger charge is 2.30. The molecule has 4 rings (SSSR count). The highest BCUT2D eigenvalue weighted by Crippen LogP contribution is 2.31. The molecule has 6 nitrogen and oxygen atoms in total. The Balaban J connectivity index is 1.69. The van der Waals surface area contributed by atoms with Crippen LogP contribution >= 0.6 is 23.2 Å². The molecule has 0 unspecified atom stereocenters. The van der Waals surface area contributed by atoms with Crippen molar-refractivity contribution in [2.45, 2.75) is 12.8 Å². The van der Waals surface area contributed by atoms with Gasteiger partial charge in [0.15, 0.2) is 16.1 Å². The van der Waals surface area contributed by atoms with Crippen LogP contribution in [0.2, 0.25) is 10.3 Å². The molecule has 3 heterocycles. The number of nitrogens with zero attached hydrogens (tertiary/aromatic N) is 4. The third-order valence-corrected chi connectivity index (χ3v) is 4.16. The van der Waals surface area contributed by atoms with Crippen LogP contribution < -0.4 is 5.32 Å². The number of halogens is 2. The van der Waals surface area contributed by atoms with Crippen molar-refractivity contribution < 1.29 is 4.79 Å². The fraction of sp³-hybridized carbons (Fsp3) is 0.200. The number of carbonyl (C=O) groups is 1. The Bertz CT molecular complexity index is 919. The summed E-state index contributed by atoms with van der Waals surface area (Å²) < 4.78 is 1.69. The van der Waals surface area contributed by atoms with Gasteiger partial charge in [-0.1, -0.05) is 23.2 Å². The molecule has 23 heavy (non-hydrogen) atoms. The van der Waals surface area contributed by atoms with E-state index in [1.54, 1.807) is 16.8 Å². The SMILES string of the molecule is O=C(Nc1cc2cc(-c3cc(Cl)nnc3Cl)ccn2n1)C1CC1. The van der Waals surface area contributed by atoms with Gasteiger partial charge in [0.2, 0.25) is 5.91 Å². The van der Waals surface area contributed by atoms with Crippen molar-refractivity contribution in [2.75, 3.05) is 5.32 Å². The lowest BCUT2D eigenvalue weighted by Crippen LogP contribution is -2.13. The second kappa shape index (κ2) is 5.47. The first-order valence-electron chi connectivity index (χ1n) is 7.09. The summed E-state index contributed by atoms with van der Waals surface area (Å²) in [7, 11) is 0. The minimum absolute atomic E-state index is 0.0294. The van der Waals surface area contributed by atoms with E-state index in [1.165, 1.54) is 0 Å². The molecular weight excluding hydrogens is 337 g/mol. The van der Waals surface area contributed by atoms with Crippen molar-refractivity contribution >= 4 is 40.4 Å². The topological polar surface area (TPSA) is 72.2 Å². The maximum atomic E-state index is 11.8. The molecule has 8 heteroatoms. The molecule has 0 aromatic carbocycles. The van der Waals surface area contributed by atoms with Crippen molar-refractivity contribution in [3.8, 4) is 11.1 Å². The van der Waals surface area contributed by atoms with E-state index in [0.29, 0.717) is 11.4 Å². The van der Waals surface area contributed by atoms with Crippen LogP contribution in [0.25, 0.3) is 16.6 Å². The van der Waals surface area contributed by atoms with E-state index in [-0.39, 0.29) is 22.1 Å². The van der Waals surface area contributed by atoms with Gasteiger partial charge in [-0.05, 0) is 36.6 Å². The molecule has 3 aromatic rings. The smallest absolute Gasteiger partial charge is 0.228 e. The molecule has 0 spiro atoms. The standard InChI is InChI=1S/C15H11Cl2N5O/c16-12-7-11(14(17)20-19-12)9-3-4-22-10(5-9)6-13(21-22)18-15(23)8-1-2-8/h3-8H,1-2H2,(H,18,21,23). The van der Waals surface area contributed by atoms with Gasteiger partial charge in [0.1, 0.15) is 0 Å². The van der Waals surface area contributed by atoms with Gasteiger partial charge in [-0.15, -0.1) is 10.2 Å². The molecule has 0 aliphatic heterocycles. The average molecular weight is 348 g/mol. The Morgan fingerprint density at radius 1 is 1.22 bits per heavy atom. The minimum Gasteiger partial charge on any atom is -0.309 e. The molecule has 0 bridgehead atoms. The van der Waals surface area contributed by atoms with Gasteiger partial charge < -0.3 is 5.32 Å². The van der Waals surface area contributed by atoms with E-state index in [0.717, 1.165) is 23.9 Å². The Kier molecular flexibility index (Phi) is 3.43. The number of hydrogen-bond acceptors (Lipinski definition) is 4. The summed E-state index contributed by atoms with van der Waals surface area (Å²) in [5.41, 5.74) is 2.37. The predicted molar refractivity (Wildman–Crippen MR) is 87.6 cm³/mol. The van der Waals surface area contributed by atoms with Crippen molar-refractivity contribution in [3.05, 3.63) is 40.8 Å². The van der Waals surface area contributed by atoms with Gasteiger partial charge in [0.25, 0.3) is 0 Å². The molecule has 116 valence electrons. The molecular formula is C15H11Cl2N5O. The molecule has 1 fully saturated rings. The van der Waals surface area contributed by atoms with Crippen LogP contribution in [0.15, 0.2) is 30.5 Å². The number of anilines is 1. The highest BCUT2D eigenvalue weighted by molar-refractivity contribution is 6.33. The molecule has 1 aliphatic rings. The first-order valence-corrected chi connectivity index (χ1v) is 7.85. The van der Waals surface area contributed by atoms with Crippen LogP contribution in [0, 0.1) is 5.92 Å². The highest BCUT2D eigenvalue weighted by atomic mass is 35.5. The van der Waals surface area contributed by atoms with E-state index >= 15 is 0 Å². The Labute approximate surface area is 141 Å². The Morgan fingerprint density at radius 3 is 2.83 bits per heavy atom. The van der Waals surface area contributed by atoms with E-state index in [1.807, 2.05) is 18.2 Å². The summed E-state index contributed by atoms with van der Waals surface area (Å²) in [6.45, 7) is 0. The summed E-state index contributed by atoms with van der Waals surface area (Å²) in [6.07, 6.45) is 3.71. The van der Waals surface area contributed by atoms with E-state index < -0.39 is 0 Å². The Hall–Kier alpha value is -2.18. The second-order valence-corrected chi connectivity index (χ2v) is 6.19. The van der Waals surface area contributed by atoms with E-state index in [9.17, 15) is 4.79 Å². The van der Waals surface area contributed by atoms with E-state index in [2.05, 4.69) is 20.6 Å². The summed E-state index contributed by atoms with van der Waals surface area (Å²) in [6, 6.07) is 7.23. The first-order chi connectivity index (χ1) is 11.1. The number of fused-ring (bicyclic) bond motifs is 1. The lowest BCUT2D eigenvalue weighted by atomic mass is 10.1. The maximum absolute atomic E-state index is 11.8. The van der Waals surface area contributed by atoms with Gasteiger partial charge in [-0.25, -0.2) is 4.52 Å². The van der Waals surface area contributed by atoms with Gasteiger partial charge >= 0.3 is 0 Å². The summed E-state index contributed by atoms with van der Waals surface area (Å²) in [5, 5.41) is 15.2. The lowest BCUT2D eigenvalue weighted by Gasteiger charge is -2.04. The van der Waals surface area contributed by atoms with Crippen LogP contribution in [0.5, 0.6) is 0 Å². The number of hydrogen-bond donors (Lipinski definition) is 1. The van der Waals surface area contributed by atoms with E-state index in [4.69, 9.17) is 23.2 Å². The average Bonchev–Trinajstić information content (AvgIpc) is 3.30. The van der Waals surface area contributed by atoms with Crippen molar-refractivity contribution in [1.82, 2.24) is 19.8 Å². The molecule has 1 amide bonds. The third kappa shape index (κ3) is 2.87. The van der Waals surface area contributed by atoms with Gasteiger partial charge in [-0.2, -0.15) is 5.10 Å². The van der Waals surface area contributed by atoms with Crippen molar-refractivity contribution in [2.24, 2.45) is 5.92 Å². The largest absolute Gasteiger partial charge is 0.309 e. The summed E-state index contributed by atoms with van der Waals surface area (Å²) >= 11 is 12.0. The van der Waals surface area contributed by atoms with Gasteiger partial charge in [0, 0.05) is 23.7 Å². The second-order valence-electron chi connectivity index (χ2n) is 5.45. The summed E-state index contributed by atoms with van der Waals surface area (Å²) in [4.78, 5) is 11.8.